The first-order valence-electron chi connectivity index (χ1n) is 12.1. The summed E-state index contributed by atoms with van der Waals surface area (Å²) in [4.78, 5) is 38.7. The second kappa shape index (κ2) is 12.7. The molecule has 0 saturated carbocycles. The molecule has 0 unspecified atom stereocenters. The number of benzene rings is 3. The molecule has 0 spiro atoms. The van der Waals surface area contributed by atoms with Crippen LogP contribution in [0.2, 0.25) is 5.02 Å². The second-order valence-corrected chi connectivity index (χ2v) is 11.3. The maximum atomic E-state index is 13.8. The van der Waals surface area contributed by atoms with Gasteiger partial charge in [-0.15, -0.1) is 0 Å². The van der Waals surface area contributed by atoms with E-state index in [0.29, 0.717) is 10.6 Å². The van der Waals surface area contributed by atoms with Crippen LogP contribution in [0, 0.1) is 10.1 Å². The largest absolute Gasteiger partial charge is 0.352 e. The third-order valence-corrected chi connectivity index (χ3v) is 7.99. The van der Waals surface area contributed by atoms with E-state index in [-0.39, 0.29) is 28.9 Å². The number of nitro groups is 1. The highest BCUT2D eigenvalue weighted by Crippen LogP contribution is 2.28. The first-order valence-corrected chi connectivity index (χ1v) is 13.9. The number of carbonyl (C=O) groups excluding carboxylic acids is 2. The predicted octanol–water partition coefficient (Wildman–Crippen LogP) is 4.39. The van der Waals surface area contributed by atoms with E-state index in [2.05, 4.69) is 5.32 Å². The van der Waals surface area contributed by atoms with Crippen molar-refractivity contribution < 1.29 is 22.9 Å². The van der Waals surface area contributed by atoms with Crippen LogP contribution in [-0.2, 0) is 26.2 Å². The molecule has 0 aromatic heterocycles. The maximum Gasteiger partial charge on any atom is 0.271 e. The molecule has 3 aromatic carbocycles. The van der Waals surface area contributed by atoms with E-state index in [1.165, 1.54) is 54.3 Å². The van der Waals surface area contributed by atoms with Crippen molar-refractivity contribution >= 4 is 44.8 Å². The summed E-state index contributed by atoms with van der Waals surface area (Å²) in [6.45, 7) is 4.31. The van der Waals surface area contributed by atoms with Crippen LogP contribution in [0.4, 0.5) is 11.4 Å². The van der Waals surface area contributed by atoms with Crippen molar-refractivity contribution in [3.63, 3.8) is 0 Å². The quantitative estimate of drug-likeness (QED) is 0.268. The van der Waals surface area contributed by atoms with E-state index in [1.54, 1.807) is 44.2 Å². The molecule has 1 N–H and O–H groups in total. The van der Waals surface area contributed by atoms with Crippen molar-refractivity contribution in [2.45, 2.75) is 44.3 Å². The Hall–Kier alpha value is -3.96. The van der Waals surface area contributed by atoms with Gasteiger partial charge in [0.2, 0.25) is 11.8 Å². The van der Waals surface area contributed by atoms with Crippen LogP contribution in [0.25, 0.3) is 0 Å². The number of amides is 2. The lowest BCUT2D eigenvalue weighted by atomic mass is 10.1. The first-order chi connectivity index (χ1) is 18.4. The molecule has 0 heterocycles. The van der Waals surface area contributed by atoms with E-state index < -0.39 is 39.3 Å². The number of rotatable bonds is 11. The average Bonchev–Trinajstić information content (AvgIpc) is 2.90. The predicted molar refractivity (Wildman–Crippen MR) is 149 cm³/mol. The van der Waals surface area contributed by atoms with Crippen molar-refractivity contribution in [2.24, 2.45) is 0 Å². The van der Waals surface area contributed by atoms with Crippen LogP contribution >= 0.6 is 11.6 Å². The molecular formula is C27H29ClN4O6S. The Bertz CT molecular complexity index is 1450. The number of nitro benzene ring substituents is 1. The molecule has 0 saturated heterocycles. The van der Waals surface area contributed by atoms with Crippen LogP contribution in [0.15, 0.2) is 83.8 Å². The standard InChI is InChI=1S/C27H29ClN4O6S/c1-19(2)29-27(34)20(3)30(17-21-10-7-8-15-25(21)28)26(33)18-31(22-11-9-12-23(16-22)32(35)36)39(37,38)24-13-5-4-6-14-24/h4-16,19-20H,17-18H2,1-3H3,(H,29,34)/t20-/m0/s1. The fourth-order valence-electron chi connectivity index (χ4n) is 3.81. The summed E-state index contributed by atoms with van der Waals surface area (Å²) in [5.74, 6) is -1.13. The number of sulfonamides is 1. The van der Waals surface area contributed by atoms with Crippen LogP contribution in [0.3, 0.4) is 0 Å². The summed E-state index contributed by atoms with van der Waals surface area (Å²) in [7, 11) is -4.33. The van der Waals surface area contributed by atoms with Gasteiger partial charge >= 0.3 is 0 Å². The summed E-state index contributed by atoms with van der Waals surface area (Å²) < 4.78 is 28.2. The second-order valence-electron chi connectivity index (χ2n) is 9.05. The molecule has 39 heavy (non-hydrogen) atoms. The number of nitrogens with one attached hydrogen (secondary N) is 1. The van der Waals surface area contributed by atoms with Gasteiger partial charge in [0.15, 0.2) is 0 Å². The fourth-order valence-corrected chi connectivity index (χ4v) is 5.43. The maximum absolute atomic E-state index is 13.8. The Morgan fingerprint density at radius 1 is 0.974 bits per heavy atom. The average molecular weight is 573 g/mol. The third kappa shape index (κ3) is 7.33. The Labute approximate surface area is 232 Å². The van der Waals surface area contributed by atoms with Gasteiger partial charge in [0.25, 0.3) is 15.7 Å². The van der Waals surface area contributed by atoms with Gasteiger partial charge in [-0.2, -0.15) is 0 Å². The SMILES string of the molecule is CC(C)NC(=O)[C@H](C)N(Cc1ccccc1Cl)C(=O)CN(c1cccc([N+](=O)[O-])c1)S(=O)(=O)c1ccccc1. The molecular weight excluding hydrogens is 544 g/mol. The van der Waals surface area contributed by atoms with Crippen molar-refractivity contribution in [2.75, 3.05) is 10.8 Å². The van der Waals surface area contributed by atoms with Gasteiger partial charge in [0.05, 0.1) is 15.5 Å². The lowest BCUT2D eigenvalue weighted by Gasteiger charge is -2.32. The highest BCUT2D eigenvalue weighted by atomic mass is 35.5. The van der Waals surface area contributed by atoms with Gasteiger partial charge < -0.3 is 10.2 Å². The summed E-state index contributed by atoms with van der Waals surface area (Å²) in [5, 5.41) is 14.6. The Balaban J connectivity index is 2.08. The minimum Gasteiger partial charge on any atom is -0.352 e. The van der Waals surface area contributed by atoms with Gasteiger partial charge in [-0.3, -0.25) is 24.0 Å². The molecule has 3 aromatic rings. The summed E-state index contributed by atoms with van der Waals surface area (Å²) in [5.41, 5.74) is 0.147. The molecule has 0 aliphatic heterocycles. The number of anilines is 1. The highest BCUT2D eigenvalue weighted by molar-refractivity contribution is 7.92. The zero-order valence-corrected chi connectivity index (χ0v) is 23.2. The Morgan fingerprint density at radius 2 is 1.62 bits per heavy atom. The van der Waals surface area contributed by atoms with Crippen LogP contribution in [0.5, 0.6) is 0 Å². The lowest BCUT2D eigenvalue weighted by Crippen LogP contribution is -2.52. The molecule has 0 radical (unpaired) electrons. The number of hydrogen-bond donors (Lipinski definition) is 1. The molecule has 1 atom stereocenters. The number of nitrogens with zero attached hydrogens (tertiary/aromatic N) is 3. The zero-order chi connectivity index (χ0) is 28.7. The van der Waals surface area contributed by atoms with Crippen molar-refractivity contribution in [1.29, 1.82) is 0 Å². The van der Waals surface area contributed by atoms with E-state index in [4.69, 9.17) is 11.6 Å². The van der Waals surface area contributed by atoms with E-state index in [0.717, 1.165) is 10.4 Å². The topological polar surface area (TPSA) is 130 Å². The van der Waals surface area contributed by atoms with Crippen molar-refractivity contribution in [3.05, 3.63) is 99.6 Å². The number of halogens is 1. The third-order valence-electron chi connectivity index (χ3n) is 5.84. The fraction of sp³-hybridized carbons (Fsp3) is 0.259. The van der Waals surface area contributed by atoms with E-state index in [9.17, 15) is 28.1 Å². The van der Waals surface area contributed by atoms with Crippen molar-refractivity contribution in [1.82, 2.24) is 10.2 Å². The lowest BCUT2D eigenvalue weighted by molar-refractivity contribution is -0.384. The number of non-ortho nitro benzene ring substituents is 1. The normalized spacial score (nSPS) is 12.0. The monoisotopic (exact) mass is 572 g/mol. The molecule has 0 aliphatic rings. The Morgan fingerprint density at radius 3 is 2.23 bits per heavy atom. The van der Waals surface area contributed by atoms with Gasteiger partial charge in [-0.1, -0.05) is 54.1 Å². The first kappa shape index (κ1) is 29.6. The minimum atomic E-state index is -4.33. The van der Waals surface area contributed by atoms with Gasteiger partial charge in [0.1, 0.15) is 12.6 Å². The number of carbonyl (C=O) groups is 2. The van der Waals surface area contributed by atoms with E-state index >= 15 is 0 Å². The Kier molecular flexibility index (Phi) is 9.66. The molecule has 2 amide bonds. The molecule has 206 valence electrons. The van der Waals surface area contributed by atoms with Gasteiger partial charge in [0, 0.05) is 29.7 Å². The molecule has 10 nitrogen and oxygen atoms in total. The summed E-state index contributed by atoms with van der Waals surface area (Å²) in [6, 6.07) is 18.1. The summed E-state index contributed by atoms with van der Waals surface area (Å²) >= 11 is 6.33. The van der Waals surface area contributed by atoms with Gasteiger partial charge in [-0.25, -0.2) is 8.42 Å². The minimum absolute atomic E-state index is 0.0701. The molecule has 12 heteroatoms. The van der Waals surface area contributed by atoms with Gasteiger partial charge in [-0.05, 0) is 50.6 Å². The van der Waals surface area contributed by atoms with Crippen LogP contribution in [0.1, 0.15) is 26.3 Å². The molecule has 3 rings (SSSR count). The van der Waals surface area contributed by atoms with Crippen molar-refractivity contribution in [3.8, 4) is 0 Å². The molecule has 0 aliphatic carbocycles. The molecule has 0 bridgehead atoms. The summed E-state index contributed by atoms with van der Waals surface area (Å²) in [6.07, 6.45) is 0. The van der Waals surface area contributed by atoms with Crippen LogP contribution < -0.4 is 9.62 Å². The highest BCUT2D eigenvalue weighted by Gasteiger charge is 2.33. The number of hydrogen-bond acceptors (Lipinski definition) is 6. The van der Waals surface area contributed by atoms with Crippen LogP contribution in [-0.4, -0.2) is 48.7 Å². The molecule has 0 fully saturated rings. The smallest absolute Gasteiger partial charge is 0.271 e. The zero-order valence-electron chi connectivity index (χ0n) is 21.7. The van der Waals surface area contributed by atoms with E-state index in [1.807, 2.05) is 0 Å².